The molecule has 0 amide bonds. The summed E-state index contributed by atoms with van der Waals surface area (Å²) >= 11 is 0. The van der Waals surface area contributed by atoms with Gasteiger partial charge in [0.25, 0.3) is 0 Å². The Bertz CT molecular complexity index is 399. The molecule has 1 unspecified atom stereocenters. The minimum atomic E-state index is -0.568. The largest absolute Gasteiger partial charge is 0.366 e. The lowest BCUT2D eigenvalue weighted by molar-refractivity contribution is -0.122. The van der Waals surface area contributed by atoms with Crippen molar-refractivity contribution in [3.8, 4) is 0 Å². The summed E-state index contributed by atoms with van der Waals surface area (Å²) in [5, 5.41) is 0. The summed E-state index contributed by atoms with van der Waals surface area (Å²) in [6.07, 6.45) is 0.356. The van der Waals surface area contributed by atoms with Crippen molar-refractivity contribution in [2.45, 2.75) is 13.3 Å². The Morgan fingerprint density at radius 1 is 1.31 bits per heavy atom. The summed E-state index contributed by atoms with van der Waals surface area (Å²) in [5.41, 5.74) is -0.0122. The smallest absolute Gasteiger partial charge is 0.149 e. The average molecular weight is 225 g/mol. The van der Waals surface area contributed by atoms with E-state index in [0.717, 1.165) is 0 Å². The molecule has 1 aliphatic heterocycles. The summed E-state index contributed by atoms with van der Waals surface area (Å²) < 4.78 is 27.0. The second-order valence-corrected chi connectivity index (χ2v) is 4.13. The van der Waals surface area contributed by atoms with Crippen LogP contribution >= 0.6 is 0 Å². The number of carbonyl (C=O) groups is 1. The zero-order valence-electron chi connectivity index (χ0n) is 9.04. The number of Topliss-reactive ketones (excluding diaryl/α,β-unsaturated/α-hetero) is 1. The maximum Gasteiger partial charge on any atom is 0.149 e. The average Bonchev–Trinajstić information content (AvgIpc) is 2.23. The van der Waals surface area contributed by atoms with Gasteiger partial charge in [-0.25, -0.2) is 8.78 Å². The summed E-state index contributed by atoms with van der Waals surface area (Å²) in [6.45, 7) is 2.56. The summed E-state index contributed by atoms with van der Waals surface area (Å²) in [7, 11) is 0. The van der Waals surface area contributed by atoms with Gasteiger partial charge in [-0.05, 0) is 12.1 Å². The second-order valence-electron chi connectivity index (χ2n) is 4.13. The molecule has 0 radical (unpaired) electrons. The predicted octanol–water partition coefficient (Wildman–Crippen LogP) is 2.38. The van der Waals surface area contributed by atoms with E-state index in [0.29, 0.717) is 19.5 Å². The van der Waals surface area contributed by atoms with Gasteiger partial charge in [0.1, 0.15) is 23.1 Å². The normalized spacial score (nSPS) is 21.3. The fourth-order valence-electron chi connectivity index (χ4n) is 2.01. The Hall–Kier alpha value is -1.45. The molecule has 2 rings (SSSR count). The minimum Gasteiger partial charge on any atom is -0.366 e. The number of anilines is 1. The summed E-state index contributed by atoms with van der Waals surface area (Å²) in [4.78, 5) is 12.9. The molecule has 0 spiro atoms. The van der Waals surface area contributed by atoms with Crippen molar-refractivity contribution in [2.24, 2.45) is 5.92 Å². The van der Waals surface area contributed by atoms with E-state index in [9.17, 15) is 13.6 Å². The van der Waals surface area contributed by atoms with Crippen molar-refractivity contribution < 1.29 is 13.6 Å². The van der Waals surface area contributed by atoms with Gasteiger partial charge in [-0.15, -0.1) is 0 Å². The Kier molecular flexibility index (Phi) is 2.90. The highest BCUT2D eigenvalue weighted by Crippen LogP contribution is 2.26. The zero-order chi connectivity index (χ0) is 11.7. The van der Waals surface area contributed by atoms with Crippen LogP contribution in [0.15, 0.2) is 18.2 Å². The molecular formula is C12H13F2NO. The molecule has 0 N–H and O–H groups in total. The van der Waals surface area contributed by atoms with Crippen molar-refractivity contribution in [3.63, 3.8) is 0 Å². The Morgan fingerprint density at radius 3 is 2.50 bits per heavy atom. The predicted molar refractivity (Wildman–Crippen MR) is 57.4 cm³/mol. The molecule has 0 bridgehead atoms. The lowest BCUT2D eigenvalue weighted by Crippen LogP contribution is -2.40. The summed E-state index contributed by atoms with van der Waals surface area (Å²) in [6, 6.07) is 3.81. The Labute approximate surface area is 92.9 Å². The Balaban J connectivity index is 2.28. The van der Waals surface area contributed by atoms with E-state index in [-0.39, 0.29) is 17.4 Å². The van der Waals surface area contributed by atoms with E-state index in [1.165, 1.54) is 18.2 Å². The molecule has 4 heteroatoms. The highest BCUT2D eigenvalue weighted by molar-refractivity contribution is 5.83. The van der Waals surface area contributed by atoms with Crippen LogP contribution in [0.5, 0.6) is 0 Å². The van der Waals surface area contributed by atoms with Gasteiger partial charge < -0.3 is 4.90 Å². The number of para-hydroxylation sites is 1. The van der Waals surface area contributed by atoms with E-state index in [2.05, 4.69) is 0 Å². The van der Waals surface area contributed by atoms with Gasteiger partial charge >= 0.3 is 0 Å². The molecule has 1 fully saturated rings. The molecule has 1 aromatic rings. The van der Waals surface area contributed by atoms with Crippen molar-refractivity contribution in [3.05, 3.63) is 29.8 Å². The molecule has 0 saturated carbocycles. The van der Waals surface area contributed by atoms with Crippen LogP contribution < -0.4 is 4.90 Å². The van der Waals surface area contributed by atoms with Crippen LogP contribution in [0, 0.1) is 17.6 Å². The second kappa shape index (κ2) is 4.20. The van der Waals surface area contributed by atoms with E-state index in [1.807, 2.05) is 0 Å². The molecule has 1 atom stereocenters. The maximum absolute atomic E-state index is 13.5. The molecule has 1 saturated heterocycles. The van der Waals surface area contributed by atoms with Crippen molar-refractivity contribution >= 4 is 11.5 Å². The van der Waals surface area contributed by atoms with Gasteiger partial charge in [0.15, 0.2) is 0 Å². The van der Waals surface area contributed by atoms with Gasteiger partial charge in [0, 0.05) is 25.4 Å². The third kappa shape index (κ3) is 1.92. The van der Waals surface area contributed by atoms with Crippen LogP contribution in [-0.2, 0) is 4.79 Å². The van der Waals surface area contributed by atoms with Crippen LogP contribution in [0.2, 0.25) is 0 Å². The number of piperidine rings is 1. The van der Waals surface area contributed by atoms with Crippen molar-refractivity contribution in [1.29, 1.82) is 0 Å². The third-order valence-electron chi connectivity index (χ3n) is 2.93. The number of hydrogen-bond donors (Lipinski definition) is 0. The molecule has 1 aromatic carbocycles. The molecule has 0 aromatic heterocycles. The van der Waals surface area contributed by atoms with Gasteiger partial charge in [-0.2, -0.15) is 0 Å². The van der Waals surface area contributed by atoms with E-state index in [1.54, 1.807) is 11.8 Å². The molecule has 2 nitrogen and oxygen atoms in total. The van der Waals surface area contributed by atoms with Crippen molar-refractivity contribution in [2.75, 3.05) is 18.0 Å². The molecule has 0 aliphatic carbocycles. The number of rotatable bonds is 1. The third-order valence-corrected chi connectivity index (χ3v) is 2.93. The quantitative estimate of drug-likeness (QED) is 0.731. The van der Waals surface area contributed by atoms with Gasteiger partial charge in [0.2, 0.25) is 0 Å². The number of benzene rings is 1. The lowest BCUT2D eigenvalue weighted by Gasteiger charge is -2.32. The monoisotopic (exact) mass is 225 g/mol. The topological polar surface area (TPSA) is 20.3 Å². The number of halogens is 2. The number of ketones is 1. The SMILES string of the molecule is CC1CN(c2c(F)cccc2F)CCC1=O. The van der Waals surface area contributed by atoms with E-state index in [4.69, 9.17) is 0 Å². The molecule has 16 heavy (non-hydrogen) atoms. The molecule has 86 valence electrons. The highest BCUT2D eigenvalue weighted by atomic mass is 19.1. The van der Waals surface area contributed by atoms with Crippen LogP contribution in [0.3, 0.4) is 0 Å². The zero-order valence-corrected chi connectivity index (χ0v) is 9.04. The first kappa shape index (κ1) is 11.0. The van der Waals surface area contributed by atoms with Gasteiger partial charge in [-0.1, -0.05) is 13.0 Å². The first-order valence-corrected chi connectivity index (χ1v) is 5.31. The fourth-order valence-corrected chi connectivity index (χ4v) is 2.01. The van der Waals surface area contributed by atoms with Crippen LogP contribution in [0.4, 0.5) is 14.5 Å². The van der Waals surface area contributed by atoms with Crippen molar-refractivity contribution in [1.82, 2.24) is 0 Å². The number of hydrogen-bond acceptors (Lipinski definition) is 2. The molecule has 1 heterocycles. The molecule has 1 aliphatic rings. The highest BCUT2D eigenvalue weighted by Gasteiger charge is 2.26. The first-order valence-electron chi connectivity index (χ1n) is 5.31. The van der Waals surface area contributed by atoms with E-state index >= 15 is 0 Å². The number of nitrogens with zero attached hydrogens (tertiary/aromatic N) is 1. The Morgan fingerprint density at radius 2 is 1.94 bits per heavy atom. The van der Waals surface area contributed by atoms with Gasteiger partial charge in [0.05, 0.1) is 0 Å². The van der Waals surface area contributed by atoms with E-state index < -0.39 is 11.6 Å². The minimum absolute atomic E-state index is 0.0122. The first-order chi connectivity index (χ1) is 7.59. The van der Waals surface area contributed by atoms with Crippen LogP contribution in [0.25, 0.3) is 0 Å². The number of carbonyl (C=O) groups excluding carboxylic acids is 1. The molecular weight excluding hydrogens is 212 g/mol. The van der Waals surface area contributed by atoms with Crippen LogP contribution in [-0.4, -0.2) is 18.9 Å². The van der Waals surface area contributed by atoms with Crippen LogP contribution in [0.1, 0.15) is 13.3 Å². The maximum atomic E-state index is 13.5. The summed E-state index contributed by atoms with van der Waals surface area (Å²) in [5.74, 6) is -1.14. The standard InChI is InChI=1S/C12H13F2NO/c1-8-7-15(6-5-11(8)16)12-9(13)3-2-4-10(12)14/h2-4,8H,5-7H2,1H3. The fraction of sp³-hybridized carbons (Fsp3) is 0.417. The van der Waals surface area contributed by atoms with Gasteiger partial charge in [-0.3, -0.25) is 4.79 Å². The lowest BCUT2D eigenvalue weighted by atomic mass is 9.98.